The number of nitrogens with zero attached hydrogens (tertiary/aromatic N) is 1. The van der Waals surface area contributed by atoms with Crippen LogP contribution in [0.2, 0.25) is 5.02 Å². The minimum absolute atomic E-state index is 0.428. The van der Waals surface area contributed by atoms with E-state index in [1.165, 1.54) is 13.2 Å². The second-order valence-electron chi connectivity index (χ2n) is 7.55. The lowest BCUT2D eigenvalue weighted by Gasteiger charge is -2.26. The summed E-state index contributed by atoms with van der Waals surface area (Å²) in [6, 6.07) is 3.09. The van der Waals surface area contributed by atoms with Gasteiger partial charge < -0.3 is 14.8 Å². The molecule has 0 aliphatic carbocycles. The number of methoxy groups -OCH3 is 1. The average Bonchev–Trinajstić information content (AvgIpc) is 2.60. The topological polar surface area (TPSA) is 60.5 Å². The highest BCUT2D eigenvalue weighted by atomic mass is 35.5. The summed E-state index contributed by atoms with van der Waals surface area (Å²) >= 11 is 6.46. The molecule has 1 aromatic heterocycles. The molecule has 5 nitrogen and oxygen atoms in total. The van der Waals surface area contributed by atoms with Crippen molar-refractivity contribution in [1.29, 1.82) is 0 Å². The fourth-order valence-corrected chi connectivity index (χ4v) is 3.14. The molecule has 0 saturated heterocycles. The number of aromatic nitrogens is 1. The molecule has 0 radical (unpaired) electrons. The summed E-state index contributed by atoms with van der Waals surface area (Å²) < 4.78 is 25.0. The molecule has 0 bridgehead atoms. The van der Waals surface area contributed by atoms with Crippen LogP contribution in [0.1, 0.15) is 51.3 Å². The summed E-state index contributed by atoms with van der Waals surface area (Å²) in [6.07, 6.45) is 2.06. The van der Waals surface area contributed by atoms with Crippen molar-refractivity contribution in [3.05, 3.63) is 46.5 Å². The average molecular weight is 409 g/mol. The van der Waals surface area contributed by atoms with Crippen LogP contribution in [-0.4, -0.2) is 23.7 Å². The number of rotatable bonds is 5. The van der Waals surface area contributed by atoms with Crippen molar-refractivity contribution in [2.24, 2.45) is 0 Å². The second kappa shape index (κ2) is 8.78. The molecule has 2 aromatic rings. The first kappa shape index (κ1) is 22.0. The number of carbonyl (C=O) groups excluding carboxylic acids is 1. The Morgan fingerprint density at radius 1 is 1.32 bits per heavy atom. The highest BCUT2D eigenvalue weighted by Crippen LogP contribution is 2.43. The lowest BCUT2D eigenvalue weighted by Crippen LogP contribution is -2.41. The van der Waals surface area contributed by atoms with E-state index in [0.717, 1.165) is 11.8 Å². The van der Waals surface area contributed by atoms with Crippen molar-refractivity contribution in [2.75, 3.05) is 7.11 Å². The Labute approximate surface area is 170 Å². The number of benzene rings is 1. The zero-order chi connectivity index (χ0) is 21.1. The Bertz CT molecular complexity index is 865. The molecule has 1 unspecified atom stereocenters. The van der Waals surface area contributed by atoms with E-state index in [1.54, 1.807) is 12.3 Å². The van der Waals surface area contributed by atoms with E-state index in [2.05, 4.69) is 10.3 Å². The molecule has 7 heteroatoms. The van der Waals surface area contributed by atoms with Crippen LogP contribution in [0.5, 0.6) is 5.75 Å². The molecule has 2 rings (SSSR count). The van der Waals surface area contributed by atoms with E-state index in [-0.39, 0.29) is 0 Å². The number of halogens is 2. The van der Waals surface area contributed by atoms with Gasteiger partial charge in [0.15, 0.2) is 0 Å². The maximum Gasteiger partial charge on any atom is 0.408 e. The van der Waals surface area contributed by atoms with Crippen LogP contribution >= 0.6 is 11.6 Å². The van der Waals surface area contributed by atoms with E-state index in [0.29, 0.717) is 33.9 Å². The maximum atomic E-state index is 13.8. The normalized spacial score (nSPS) is 12.4. The Morgan fingerprint density at radius 3 is 2.54 bits per heavy atom. The number of amides is 1. The summed E-state index contributed by atoms with van der Waals surface area (Å²) in [7, 11) is 1.52. The van der Waals surface area contributed by atoms with Gasteiger partial charge in [-0.3, -0.25) is 4.98 Å². The van der Waals surface area contributed by atoms with E-state index in [1.807, 2.05) is 34.6 Å². The summed E-state index contributed by atoms with van der Waals surface area (Å²) in [4.78, 5) is 16.2. The molecule has 0 saturated carbocycles. The molecule has 1 aromatic carbocycles. The number of ether oxygens (including phenoxy) is 2. The van der Waals surface area contributed by atoms with Gasteiger partial charge in [-0.05, 0) is 51.8 Å². The number of pyridine rings is 1. The molecule has 152 valence electrons. The van der Waals surface area contributed by atoms with Crippen LogP contribution in [0, 0.1) is 12.7 Å². The maximum absolute atomic E-state index is 13.8. The highest BCUT2D eigenvalue weighted by Gasteiger charge is 2.26. The van der Waals surface area contributed by atoms with Crippen molar-refractivity contribution in [1.82, 2.24) is 10.3 Å². The van der Waals surface area contributed by atoms with Gasteiger partial charge in [0.2, 0.25) is 0 Å². The van der Waals surface area contributed by atoms with Crippen molar-refractivity contribution in [3.63, 3.8) is 0 Å². The van der Waals surface area contributed by atoms with Crippen LogP contribution < -0.4 is 10.1 Å². The number of hydrogen-bond acceptors (Lipinski definition) is 4. The first-order valence-corrected chi connectivity index (χ1v) is 9.41. The fraction of sp³-hybridized carbons (Fsp3) is 0.429. The van der Waals surface area contributed by atoms with E-state index in [4.69, 9.17) is 21.1 Å². The predicted molar refractivity (Wildman–Crippen MR) is 108 cm³/mol. The van der Waals surface area contributed by atoms with Gasteiger partial charge in [-0.25, -0.2) is 9.18 Å². The minimum Gasteiger partial charge on any atom is -0.496 e. The quantitative estimate of drug-likeness (QED) is 0.675. The van der Waals surface area contributed by atoms with Crippen molar-refractivity contribution in [2.45, 2.75) is 52.7 Å². The van der Waals surface area contributed by atoms with Crippen LogP contribution in [0.15, 0.2) is 24.5 Å². The van der Waals surface area contributed by atoms with E-state index in [9.17, 15) is 9.18 Å². The lowest BCUT2D eigenvalue weighted by atomic mass is 9.94. The Hall–Kier alpha value is -2.34. The van der Waals surface area contributed by atoms with Crippen LogP contribution in [-0.2, 0) is 4.74 Å². The third-order valence-corrected chi connectivity index (χ3v) is 4.54. The van der Waals surface area contributed by atoms with Crippen LogP contribution in [0.4, 0.5) is 9.18 Å². The zero-order valence-corrected chi connectivity index (χ0v) is 17.8. The van der Waals surface area contributed by atoms with Gasteiger partial charge in [0.1, 0.15) is 17.7 Å². The van der Waals surface area contributed by atoms with Gasteiger partial charge in [0.05, 0.1) is 13.3 Å². The summed E-state index contributed by atoms with van der Waals surface area (Å²) in [5, 5.41) is 3.24. The largest absolute Gasteiger partial charge is 0.496 e. The molecule has 0 aliphatic rings. The number of alkyl carbamates (subject to hydrolysis) is 1. The van der Waals surface area contributed by atoms with Crippen LogP contribution in [0.3, 0.4) is 0 Å². The van der Waals surface area contributed by atoms with Gasteiger partial charge in [-0.2, -0.15) is 0 Å². The first-order chi connectivity index (χ1) is 13.1. The Balaban J connectivity index is 2.56. The third-order valence-electron chi connectivity index (χ3n) is 4.15. The molecular formula is C21H26ClFN2O3. The third kappa shape index (κ3) is 5.13. The van der Waals surface area contributed by atoms with Gasteiger partial charge in [-0.15, -0.1) is 0 Å². The predicted octanol–water partition coefficient (Wildman–Crippen LogP) is 5.83. The fourth-order valence-electron chi connectivity index (χ4n) is 2.93. The molecular weight excluding hydrogens is 383 g/mol. The van der Waals surface area contributed by atoms with Crippen molar-refractivity contribution >= 4 is 17.7 Å². The Kier molecular flexibility index (Phi) is 6.88. The van der Waals surface area contributed by atoms with Crippen molar-refractivity contribution < 1.29 is 18.7 Å². The summed E-state index contributed by atoms with van der Waals surface area (Å²) in [5.41, 5.74) is 2.07. The molecule has 0 fully saturated rings. The first-order valence-electron chi connectivity index (χ1n) is 9.04. The van der Waals surface area contributed by atoms with Gasteiger partial charge >= 0.3 is 6.09 Å². The molecule has 0 aliphatic heterocycles. The highest BCUT2D eigenvalue weighted by molar-refractivity contribution is 6.32. The monoisotopic (exact) mass is 408 g/mol. The Morgan fingerprint density at radius 2 is 2.00 bits per heavy atom. The van der Waals surface area contributed by atoms with E-state index >= 15 is 0 Å². The molecule has 1 heterocycles. The SMILES string of the molecule is CCC(OC(=O)NC(C)(C)C)c1cc(Cl)c(C)c(-c2cncc(F)c2)c1OC. The molecule has 1 N–H and O–H groups in total. The summed E-state index contributed by atoms with van der Waals surface area (Å²) in [6.45, 7) is 9.32. The van der Waals surface area contributed by atoms with Crippen molar-refractivity contribution in [3.8, 4) is 16.9 Å². The smallest absolute Gasteiger partial charge is 0.408 e. The van der Waals surface area contributed by atoms with Gasteiger partial charge in [0.25, 0.3) is 0 Å². The minimum atomic E-state index is -0.587. The number of nitrogens with one attached hydrogen (secondary N) is 1. The molecule has 1 amide bonds. The number of hydrogen-bond donors (Lipinski definition) is 1. The number of carbonyl (C=O) groups is 1. The van der Waals surface area contributed by atoms with Gasteiger partial charge in [0, 0.05) is 33.4 Å². The second-order valence-corrected chi connectivity index (χ2v) is 7.96. The van der Waals surface area contributed by atoms with E-state index < -0.39 is 23.6 Å². The zero-order valence-electron chi connectivity index (χ0n) is 17.0. The standard InChI is InChI=1S/C21H26ClFN2O3/c1-7-17(28-20(26)25-21(3,4)5)15-9-16(22)12(2)18(19(15)27-6)13-8-14(23)11-24-10-13/h8-11,17H,7H2,1-6H3,(H,25,26). The lowest BCUT2D eigenvalue weighted by molar-refractivity contribution is 0.0875. The molecule has 1 atom stereocenters. The summed E-state index contributed by atoms with van der Waals surface area (Å²) in [5.74, 6) is 0.0121. The van der Waals surface area contributed by atoms with Gasteiger partial charge in [-0.1, -0.05) is 18.5 Å². The molecule has 0 spiro atoms. The van der Waals surface area contributed by atoms with Crippen LogP contribution in [0.25, 0.3) is 11.1 Å². The molecule has 28 heavy (non-hydrogen) atoms.